The molecule has 0 saturated carbocycles. The van der Waals surface area contributed by atoms with E-state index in [1.807, 2.05) is 0 Å². The predicted molar refractivity (Wildman–Crippen MR) is 83.1 cm³/mol. The zero-order chi connectivity index (χ0) is 16.8. The van der Waals surface area contributed by atoms with Crippen LogP contribution in [0.4, 0.5) is 26.5 Å². The van der Waals surface area contributed by atoms with E-state index in [0.717, 1.165) is 5.01 Å². The molecule has 0 aliphatic rings. The van der Waals surface area contributed by atoms with Crippen LogP contribution in [0.1, 0.15) is 5.56 Å². The average molecular weight is 319 g/mol. The van der Waals surface area contributed by atoms with E-state index < -0.39 is 6.09 Å². The number of aromatic nitrogens is 1. The fraction of sp³-hybridized carbons (Fsp3) is 0.143. The van der Waals surface area contributed by atoms with Gasteiger partial charge in [0.15, 0.2) is 5.82 Å². The molecule has 0 aliphatic carbocycles. The maximum atomic E-state index is 12.9. The van der Waals surface area contributed by atoms with Gasteiger partial charge < -0.3 is 10.5 Å². The number of pyridine rings is 1. The first-order valence-electron chi connectivity index (χ1n) is 6.50. The number of nitrogens with one attached hydrogen (secondary N) is 1. The summed E-state index contributed by atoms with van der Waals surface area (Å²) >= 11 is 0. The number of nitrogens with two attached hydrogens (primary N) is 1. The zero-order valence-electron chi connectivity index (χ0n) is 12.2. The molecule has 120 valence electrons. The molecule has 0 aliphatic heterocycles. The van der Waals surface area contributed by atoms with Crippen LogP contribution in [0.15, 0.2) is 41.7 Å². The average Bonchev–Trinajstić information content (AvgIpc) is 2.56. The molecule has 0 saturated heterocycles. The van der Waals surface area contributed by atoms with Gasteiger partial charge in [0, 0.05) is 0 Å². The molecule has 1 aromatic carbocycles. The fourth-order valence-electron chi connectivity index (χ4n) is 1.79. The van der Waals surface area contributed by atoms with Gasteiger partial charge in [-0.05, 0) is 29.8 Å². The molecule has 2 aromatic rings. The van der Waals surface area contributed by atoms with Gasteiger partial charge in [0.25, 0.3) is 0 Å². The molecule has 1 heterocycles. The van der Waals surface area contributed by atoms with Gasteiger partial charge in [0.2, 0.25) is 0 Å². The van der Waals surface area contributed by atoms with E-state index >= 15 is 0 Å². The van der Waals surface area contributed by atoms with Gasteiger partial charge in [-0.2, -0.15) is 0 Å². The molecule has 1 aromatic heterocycles. The second-order valence-corrected chi connectivity index (χ2v) is 4.48. The molecule has 0 spiro atoms. The van der Waals surface area contributed by atoms with Gasteiger partial charge in [-0.15, -0.1) is 4.91 Å². The Morgan fingerprint density at radius 1 is 1.35 bits per heavy atom. The molecule has 0 radical (unpaired) electrons. The Morgan fingerprint density at radius 3 is 2.61 bits per heavy atom. The first kappa shape index (κ1) is 16.1. The van der Waals surface area contributed by atoms with Crippen molar-refractivity contribution in [3.63, 3.8) is 0 Å². The monoisotopic (exact) mass is 319 g/mol. The minimum absolute atomic E-state index is 0.000608. The number of carbonyl (C=O) groups is 1. The molecule has 0 fully saturated rings. The molecule has 0 unspecified atom stereocenters. The maximum Gasteiger partial charge on any atom is 0.411 e. The summed E-state index contributed by atoms with van der Waals surface area (Å²) in [6.45, 7) is 0.0972. The summed E-state index contributed by atoms with van der Waals surface area (Å²) in [5, 5.41) is 6.33. The Bertz CT molecular complexity index is 708. The second-order valence-electron chi connectivity index (χ2n) is 4.48. The van der Waals surface area contributed by atoms with E-state index in [1.54, 1.807) is 0 Å². The minimum Gasteiger partial charge on any atom is -0.453 e. The summed E-state index contributed by atoms with van der Waals surface area (Å²) < 4.78 is 17.3. The number of carbonyl (C=O) groups excluding carboxylic acids is 1. The normalized spacial score (nSPS) is 10.0. The van der Waals surface area contributed by atoms with Gasteiger partial charge in [-0.3, -0.25) is 5.32 Å². The molecule has 8 nitrogen and oxygen atoms in total. The molecule has 0 bridgehead atoms. The number of anilines is 3. The summed E-state index contributed by atoms with van der Waals surface area (Å²) in [6, 6.07) is 8.56. The van der Waals surface area contributed by atoms with Crippen molar-refractivity contribution < 1.29 is 13.9 Å². The van der Waals surface area contributed by atoms with Crippen molar-refractivity contribution in [2.75, 3.05) is 23.2 Å². The number of ether oxygens (including phenoxy) is 1. The van der Waals surface area contributed by atoms with E-state index in [0.29, 0.717) is 5.56 Å². The number of benzene rings is 1. The van der Waals surface area contributed by atoms with Crippen LogP contribution in [0.2, 0.25) is 0 Å². The molecule has 1 amide bonds. The Morgan fingerprint density at radius 2 is 2.04 bits per heavy atom. The predicted octanol–water partition coefficient (Wildman–Crippen LogP) is 2.67. The number of hydrogen-bond donors (Lipinski definition) is 2. The highest BCUT2D eigenvalue weighted by atomic mass is 19.1. The third kappa shape index (κ3) is 4.13. The van der Waals surface area contributed by atoms with E-state index in [2.05, 4.69) is 20.3 Å². The van der Waals surface area contributed by atoms with Gasteiger partial charge in [-0.1, -0.05) is 12.1 Å². The van der Waals surface area contributed by atoms with Gasteiger partial charge in [-0.25, -0.2) is 19.2 Å². The summed E-state index contributed by atoms with van der Waals surface area (Å²) in [5.74, 6) is -0.183. The topological polar surface area (TPSA) is 110 Å². The number of amides is 1. The Balaban J connectivity index is 2.17. The van der Waals surface area contributed by atoms with Crippen LogP contribution in [0, 0.1) is 10.7 Å². The van der Waals surface area contributed by atoms with Crippen LogP contribution in [0.5, 0.6) is 0 Å². The number of nitroso groups, excluding NO2 is 1. The van der Waals surface area contributed by atoms with Crippen molar-refractivity contribution in [3.8, 4) is 0 Å². The molecule has 23 heavy (non-hydrogen) atoms. The first-order chi connectivity index (χ1) is 11.0. The molecule has 9 heteroatoms. The summed E-state index contributed by atoms with van der Waals surface area (Å²) in [4.78, 5) is 26.2. The third-order valence-corrected chi connectivity index (χ3v) is 2.94. The third-order valence-electron chi connectivity index (χ3n) is 2.94. The molecule has 2 rings (SSSR count). The van der Waals surface area contributed by atoms with Gasteiger partial charge in [0.1, 0.15) is 11.6 Å². The van der Waals surface area contributed by atoms with Crippen LogP contribution in [-0.4, -0.2) is 18.2 Å². The summed E-state index contributed by atoms with van der Waals surface area (Å²) in [7, 11) is 1.22. The molecule has 0 atom stereocenters. The van der Waals surface area contributed by atoms with E-state index in [-0.39, 0.29) is 29.7 Å². The van der Waals surface area contributed by atoms with Crippen molar-refractivity contribution in [1.82, 2.24) is 4.98 Å². The highest BCUT2D eigenvalue weighted by molar-refractivity contribution is 5.88. The minimum atomic E-state index is -0.692. The lowest BCUT2D eigenvalue weighted by atomic mass is 10.2. The quantitative estimate of drug-likeness (QED) is 0.647. The molecular formula is C14H14FN5O3. The smallest absolute Gasteiger partial charge is 0.411 e. The highest BCUT2D eigenvalue weighted by Crippen LogP contribution is 2.23. The lowest BCUT2D eigenvalue weighted by Gasteiger charge is -2.16. The van der Waals surface area contributed by atoms with Crippen molar-refractivity contribution in [2.24, 2.45) is 5.29 Å². The molecule has 3 N–H and O–H groups in total. The largest absolute Gasteiger partial charge is 0.453 e. The lowest BCUT2D eigenvalue weighted by molar-refractivity contribution is 0.187. The molecular weight excluding hydrogens is 305 g/mol. The van der Waals surface area contributed by atoms with Gasteiger partial charge >= 0.3 is 6.09 Å². The summed E-state index contributed by atoms with van der Waals surface area (Å²) in [6.07, 6.45) is -0.692. The number of nitrogens with zero attached hydrogens (tertiary/aromatic N) is 3. The van der Waals surface area contributed by atoms with E-state index in [1.165, 1.54) is 43.5 Å². The van der Waals surface area contributed by atoms with Crippen molar-refractivity contribution in [1.29, 1.82) is 0 Å². The number of hydrogen-bond acceptors (Lipinski definition) is 6. The highest BCUT2D eigenvalue weighted by Gasteiger charge is 2.13. The Hall–Kier alpha value is -3.23. The van der Waals surface area contributed by atoms with Crippen LogP contribution in [0.25, 0.3) is 0 Å². The first-order valence-corrected chi connectivity index (χ1v) is 6.50. The zero-order valence-corrected chi connectivity index (χ0v) is 12.2. The van der Waals surface area contributed by atoms with Crippen LogP contribution in [0.3, 0.4) is 0 Å². The van der Waals surface area contributed by atoms with Crippen LogP contribution in [-0.2, 0) is 11.3 Å². The lowest BCUT2D eigenvalue weighted by Crippen LogP contribution is -2.18. The number of nitrogen functional groups attached to an aromatic ring is 1. The second kappa shape index (κ2) is 7.16. The van der Waals surface area contributed by atoms with Crippen molar-refractivity contribution >= 4 is 23.4 Å². The Kier molecular flexibility index (Phi) is 5.03. The Labute approximate surface area is 131 Å². The fourth-order valence-corrected chi connectivity index (χ4v) is 1.79. The maximum absolute atomic E-state index is 12.9. The van der Waals surface area contributed by atoms with Crippen LogP contribution < -0.4 is 16.1 Å². The SMILES string of the molecule is COC(=O)Nc1ccc(N(Cc2ccc(F)cc2)N=O)nc1N. The van der Waals surface area contributed by atoms with E-state index in [4.69, 9.17) is 5.73 Å². The van der Waals surface area contributed by atoms with Crippen LogP contribution >= 0.6 is 0 Å². The van der Waals surface area contributed by atoms with Gasteiger partial charge in [0.05, 0.1) is 24.6 Å². The van der Waals surface area contributed by atoms with Crippen molar-refractivity contribution in [2.45, 2.75) is 6.54 Å². The number of methoxy groups -OCH3 is 1. The number of halogens is 1. The number of rotatable bonds is 5. The van der Waals surface area contributed by atoms with E-state index in [9.17, 15) is 14.1 Å². The summed E-state index contributed by atoms with van der Waals surface area (Å²) in [5.41, 5.74) is 6.64. The van der Waals surface area contributed by atoms with Crippen molar-refractivity contribution in [3.05, 3.63) is 52.7 Å². The standard InChI is InChI=1S/C14H14FN5O3/c1-23-14(21)17-11-6-7-12(18-13(11)16)20(19-22)8-9-2-4-10(15)5-3-9/h2-7H,8H2,1H3,(H2,16,18)(H,17,21).